The number of methoxy groups -OCH3 is 2. The molecule has 1 saturated carbocycles. The fourth-order valence-corrected chi connectivity index (χ4v) is 6.13. The normalized spacial score (nSPS) is 17.1. The van der Waals surface area contributed by atoms with Crippen molar-refractivity contribution in [1.82, 2.24) is 10.6 Å². The first-order valence-corrected chi connectivity index (χ1v) is 16.2. The molecule has 4 rings (SSSR count). The van der Waals surface area contributed by atoms with E-state index in [-0.39, 0.29) is 53.1 Å². The van der Waals surface area contributed by atoms with Gasteiger partial charge in [0, 0.05) is 48.3 Å². The topological polar surface area (TPSA) is 121 Å². The van der Waals surface area contributed by atoms with E-state index in [1.165, 1.54) is 19.2 Å². The lowest BCUT2D eigenvalue weighted by atomic mass is 9.86. The highest BCUT2D eigenvalue weighted by atomic mass is 35.5. The van der Waals surface area contributed by atoms with Crippen molar-refractivity contribution in [3.63, 3.8) is 0 Å². The summed E-state index contributed by atoms with van der Waals surface area (Å²) in [6, 6.07) is 16.4. The average molecular weight is 670 g/mol. The second-order valence-corrected chi connectivity index (χ2v) is 13.1. The highest BCUT2D eigenvalue weighted by Gasteiger charge is 2.28. The Bertz CT molecular complexity index is 1520. The number of carbonyl (C=O) groups is 2. The molecule has 0 saturated heterocycles. The Labute approximate surface area is 281 Å². The maximum atomic E-state index is 16.1. The predicted octanol–water partition coefficient (Wildman–Crippen LogP) is 6.84. The predicted molar refractivity (Wildman–Crippen MR) is 181 cm³/mol. The van der Waals surface area contributed by atoms with Crippen LogP contribution in [0.15, 0.2) is 54.6 Å². The van der Waals surface area contributed by atoms with Crippen LogP contribution in [0.5, 0.6) is 11.5 Å². The number of nitrogens with one attached hydrogen (secondary N) is 2. The molecule has 1 fully saturated rings. The van der Waals surface area contributed by atoms with Gasteiger partial charge in [-0.1, -0.05) is 41.9 Å². The van der Waals surface area contributed by atoms with Crippen molar-refractivity contribution in [3.8, 4) is 22.6 Å². The first-order chi connectivity index (χ1) is 22.4. The summed E-state index contributed by atoms with van der Waals surface area (Å²) >= 11 is 6.76. The van der Waals surface area contributed by atoms with Crippen molar-refractivity contribution in [2.75, 3.05) is 34.0 Å². The van der Waals surface area contributed by atoms with E-state index in [1.807, 2.05) is 51.1 Å². The molecule has 2 amide bonds. The first-order valence-electron chi connectivity index (χ1n) is 15.8. The van der Waals surface area contributed by atoms with E-state index >= 15 is 4.39 Å². The summed E-state index contributed by atoms with van der Waals surface area (Å²) in [5.74, 6) is -1.29. The van der Waals surface area contributed by atoms with Gasteiger partial charge in [0.2, 0.25) is 5.91 Å². The van der Waals surface area contributed by atoms with E-state index in [9.17, 15) is 9.59 Å². The first kappa shape index (κ1) is 36.0. The molecule has 0 heterocycles. The van der Waals surface area contributed by atoms with Crippen LogP contribution in [0.2, 0.25) is 5.02 Å². The fraction of sp³-hybridized carbons (Fsp3) is 0.444. The van der Waals surface area contributed by atoms with Crippen LogP contribution in [-0.4, -0.2) is 63.7 Å². The van der Waals surface area contributed by atoms with Gasteiger partial charge in [-0.15, -0.1) is 0 Å². The molecule has 3 aromatic rings. The number of ether oxygens (including phenoxy) is 4. The minimum atomic E-state index is -0.797. The molecule has 254 valence electrons. The van der Waals surface area contributed by atoms with E-state index in [0.29, 0.717) is 17.9 Å². The van der Waals surface area contributed by atoms with Crippen molar-refractivity contribution in [2.24, 2.45) is 5.73 Å². The van der Waals surface area contributed by atoms with Crippen LogP contribution in [0.4, 0.5) is 9.18 Å². The molecule has 3 aromatic carbocycles. The average Bonchev–Trinajstić information content (AvgIpc) is 3.02. The van der Waals surface area contributed by atoms with Gasteiger partial charge < -0.3 is 35.3 Å². The molecular formula is C36H45ClFN3O6. The molecule has 1 unspecified atom stereocenters. The second-order valence-electron chi connectivity index (χ2n) is 12.6. The van der Waals surface area contributed by atoms with Crippen LogP contribution in [0.1, 0.15) is 73.9 Å². The van der Waals surface area contributed by atoms with Gasteiger partial charge in [0.25, 0.3) is 0 Å². The number of amides is 2. The number of primary amides is 1. The summed E-state index contributed by atoms with van der Waals surface area (Å²) in [6.07, 6.45) is 2.98. The van der Waals surface area contributed by atoms with Crippen LogP contribution >= 0.6 is 11.6 Å². The Kier molecular flexibility index (Phi) is 12.5. The number of hydrogen-bond acceptors (Lipinski definition) is 7. The Morgan fingerprint density at radius 3 is 2.28 bits per heavy atom. The molecule has 4 N–H and O–H groups in total. The van der Waals surface area contributed by atoms with Crippen LogP contribution in [0, 0.1) is 5.82 Å². The lowest BCUT2D eigenvalue weighted by molar-refractivity contribution is 0.0489. The van der Waals surface area contributed by atoms with E-state index in [0.717, 1.165) is 36.8 Å². The maximum Gasteiger partial charge on any atom is 0.407 e. The molecule has 47 heavy (non-hydrogen) atoms. The van der Waals surface area contributed by atoms with Gasteiger partial charge >= 0.3 is 6.09 Å². The van der Waals surface area contributed by atoms with Crippen LogP contribution < -0.4 is 25.8 Å². The Morgan fingerprint density at radius 1 is 0.979 bits per heavy atom. The van der Waals surface area contributed by atoms with Crippen LogP contribution in [-0.2, 0) is 9.47 Å². The third-order valence-electron chi connectivity index (χ3n) is 8.14. The van der Waals surface area contributed by atoms with Crippen molar-refractivity contribution in [1.29, 1.82) is 0 Å². The summed E-state index contributed by atoms with van der Waals surface area (Å²) < 4.78 is 38.0. The summed E-state index contributed by atoms with van der Waals surface area (Å²) in [7, 11) is 3.08. The fourth-order valence-electron chi connectivity index (χ4n) is 5.88. The molecule has 1 aliphatic rings. The van der Waals surface area contributed by atoms with Gasteiger partial charge in [-0.05, 0) is 76.3 Å². The van der Waals surface area contributed by atoms with Crippen LogP contribution in [0.3, 0.4) is 0 Å². The van der Waals surface area contributed by atoms with Gasteiger partial charge in [0.05, 0.1) is 24.3 Å². The molecule has 9 nitrogen and oxygen atoms in total. The zero-order valence-corrected chi connectivity index (χ0v) is 28.4. The van der Waals surface area contributed by atoms with E-state index in [1.54, 1.807) is 19.2 Å². The molecule has 0 radical (unpaired) electrons. The van der Waals surface area contributed by atoms with Gasteiger partial charge in [0.15, 0.2) is 11.6 Å². The largest absolute Gasteiger partial charge is 0.496 e. The Morgan fingerprint density at radius 2 is 1.66 bits per heavy atom. The molecular weight excluding hydrogens is 625 g/mol. The van der Waals surface area contributed by atoms with Gasteiger partial charge in [-0.3, -0.25) is 4.79 Å². The summed E-state index contributed by atoms with van der Waals surface area (Å²) in [5.41, 5.74) is 7.15. The number of rotatable bonds is 13. The van der Waals surface area contributed by atoms with Crippen molar-refractivity contribution in [2.45, 2.75) is 70.1 Å². The molecule has 0 bridgehead atoms. The number of halogens is 2. The van der Waals surface area contributed by atoms with Gasteiger partial charge in [-0.2, -0.15) is 0 Å². The lowest BCUT2D eigenvalue weighted by Crippen LogP contribution is -2.44. The quantitative estimate of drug-likeness (QED) is 0.171. The standard InChI is InChI=1S/C36H45ClFN3O6/c1-36(2,3)47-35(43)41-24-13-11-23(12-14-24)40-21-28(22-9-7-6-8-10-22)26-19-27(29(37)20-31(26)45-5)32-25(34(39)42)15-16-30(33(32)38)46-18-17-44-4/h6-10,15-16,19-20,23-24,28,40H,11-14,17-18,21H2,1-5H3,(H2,39,42)(H,41,43). The second kappa shape index (κ2) is 16.3. The zero-order valence-electron chi connectivity index (χ0n) is 27.7. The number of hydrogen-bond donors (Lipinski definition) is 3. The molecule has 0 aliphatic heterocycles. The van der Waals surface area contributed by atoms with Gasteiger partial charge in [0.1, 0.15) is 18.0 Å². The van der Waals surface area contributed by atoms with E-state index in [4.69, 9.17) is 36.3 Å². The highest BCUT2D eigenvalue weighted by molar-refractivity contribution is 6.33. The number of alkyl carbamates (subject to hydrolysis) is 1. The van der Waals surface area contributed by atoms with E-state index < -0.39 is 23.4 Å². The minimum Gasteiger partial charge on any atom is -0.496 e. The van der Waals surface area contributed by atoms with Crippen molar-refractivity contribution in [3.05, 3.63) is 82.1 Å². The monoisotopic (exact) mass is 669 g/mol. The number of benzene rings is 3. The zero-order chi connectivity index (χ0) is 34.1. The van der Waals surface area contributed by atoms with Gasteiger partial charge in [-0.25, -0.2) is 9.18 Å². The highest BCUT2D eigenvalue weighted by Crippen LogP contribution is 2.43. The summed E-state index contributed by atoms with van der Waals surface area (Å²) in [6.45, 7) is 6.45. The number of carbonyl (C=O) groups excluding carboxylic acids is 2. The third kappa shape index (κ3) is 9.59. The smallest absolute Gasteiger partial charge is 0.407 e. The minimum absolute atomic E-state index is 0.0225. The summed E-state index contributed by atoms with van der Waals surface area (Å²) in [4.78, 5) is 24.8. The lowest BCUT2D eigenvalue weighted by Gasteiger charge is -2.32. The number of nitrogens with two attached hydrogens (primary N) is 1. The molecule has 1 aliphatic carbocycles. The van der Waals surface area contributed by atoms with Crippen molar-refractivity contribution >= 4 is 23.6 Å². The molecule has 0 aromatic heterocycles. The Hall–Kier alpha value is -3.86. The van der Waals surface area contributed by atoms with E-state index in [2.05, 4.69) is 10.6 Å². The van der Waals surface area contributed by atoms with Crippen molar-refractivity contribution < 1.29 is 32.9 Å². The molecule has 11 heteroatoms. The maximum absolute atomic E-state index is 16.1. The van der Waals surface area contributed by atoms with Crippen LogP contribution in [0.25, 0.3) is 11.1 Å². The molecule has 1 atom stereocenters. The third-order valence-corrected chi connectivity index (χ3v) is 8.45. The summed E-state index contributed by atoms with van der Waals surface area (Å²) in [5, 5.41) is 6.91. The SMILES string of the molecule is COCCOc1ccc(C(N)=O)c(-c2cc(C(CNC3CCC(NC(=O)OC(C)(C)C)CC3)c3ccccc3)c(OC)cc2Cl)c1F. The Balaban J connectivity index is 1.64. The molecule has 0 spiro atoms.